The second-order valence-corrected chi connectivity index (χ2v) is 24.9. The van der Waals surface area contributed by atoms with Crippen molar-refractivity contribution >= 4 is 13.7 Å². The number of unbranched alkanes of at least 4 members (excludes halogenated alkanes) is 39. The maximum Gasteiger partial charge on any atom is 0.268 e. The van der Waals surface area contributed by atoms with Crippen LogP contribution in [0.25, 0.3) is 0 Å². The summed E-state index contributed by atoms with van der Waals surface area (Å²) in [5.41, 5.74) is 0. The number of quaternary nitrogens is 1. The van der Waals surface area contributed by atoms with E-state index in [1.807, 2.05) is 27.2 Å². The van der Waals surface area contributed by atoms with Gasteiger partial charge in [-0.1, -0.05) is 293 Å². The number of rotatable bonds is 60. The van der Waals surface area contributed by atoms with Crippen molar-refractivity contribution in [3.63, 3.8) is 0 Å². The van der Waals surface area contributed by atoms with Crippen molar-refractivity contribution in [1.82, 2.24) is 5.32 Å². The Bertz CT molecular complexity index is 1420. The fraction of sp³-hybridized carbons (Fsp3) is 0.836. The number of carbonyl (C=O) groups excluding carboxylic acids is 1. The second-order valence-electron chi connectivity index (χ2n) is 23.5. The molecule has 2 N–H and O–H groups in total. The van der Waals surface area contributed by atoms with Crippen molar-refractivity contribution in [2.24, 2.45) is 0 Å². The Hall–Kier alpha value is -1.80. The predicted octanol–water partition coefficient (Wildman–Crippen LogP) is 19.8. The number of aliphatic hydroxyl groups is 1. The summed E-state index contributed by atoms with van der Waals surface area (Å²) in [7, 11) is 1.25. The maximum atomic E-state index is 13.0. The minimum atomic E-state index is -4.61. The number of amides is 1. The quantitative estimate of drug-likeness (QED) is 0.0272. The van der Waals surface area contributed by atoms with Gasteiger partial charge in [0.1, 0.15) is 13.2 Å². The molecule has 0 aromatic rings. The lowest BCUT2D eigenvalue weighted by atomic mass is 10.0. The number of aliphatic hydroxyl groups excluding tert-OH is 1. The number of hydrogen-bond acceptors (Lipinski definition) is 6. The van der Waals surface area contributed by atoms with E-state index < -0.39 is 26.6 Å². The monoisotopic (exact) mass is 1090 g/mol. The van der Waals surface area contributed by atoms with E-state index in [1.165, 1.54) is 238 Å². The van der Waals surface area contributed by atoms with Crippen molar-refractivity contribution in [1.29, 1.82) is 0 Å². The summed E-state index contributed by atoms with van der Waals surface area (Å²) < 4.78 is 23.4. The van der Waals surface area contributed by atoms with Gasteiger partial charge < -0.3 is 28.8 Å². The van der Waals surface area contributed by atoms with E-state index in [9.17, 15) is 19.4 Å². The van der Waals surface area contributed by atoms with Gasteiger partial charge in [0, 0.05) is 6.42 Å². The van der Waals surface area contributed by atoms with Crippen LogP contribution in [0.15, 0.2) is 60.8 Å². The molecule has 0 fully saturated rings. The zero-order chi connectivity index (χ0) is 55.6. The van der Waals surface area contributed by atoms with Crippen molar-refractivity contribution in [2.45, 2.75) is 321 Å². The minimum absolute atomic E-state index is 0.00642. The lowest BCUT2D eigenvalue weighted by Gasteiger charge is -2.29. The van der Waals surface area contributed by atoms with Gasteiger partial charge in [0.15, 0.2) is 0 Å². The van der Waals surface area contributed by atoms with E-state index in [4.69, 9.17) is 9.05 Å². The average Bonchev–Trinajstić information content (AvgIpc) is 3.38. The summed E-state index contributed by atoms with van der Waals surface area (Å²) in [6.45, 7) is 4.65. The van der Waals surface area contributed by atoms with Crippen LogP contribution in [-0.4, -0.2) is 68.5 Å². The Morgan fingerprint density at radius 3 is 1.16 bits per heavy atom. The van der Waals surface area contributed by atoms with Gasteiger partial charge in [0.05, 0.1) is 39.9 Å². The van der Waals surface area contributed by atoms with Gasteiger partial charge in [-0.2, -0.15) is 0 Å². The van der Waals surface area contributed by atoms with Crippen LogP contribution in [-0.2, 0) is 18.4 Å². The third kappa shape index (κ3) is 59.9. The molecule has 0 radical (unpaired) electrons. The highest BCUT2D eigenvalue weighted by Crippen LogP contribution is 2.38. The molecule has 8 nitrogen and oxygen atoms in total. The van der Waals surface area contributed by atoms with Gasteiger partial charge in [0.2, 0.25) is 5.91 Å². The molecule has 0 aromatic heterocycles. The first-order chi connectivity index (χ1) is 37.0. The molecular weight excluding hydrogens is 960 g/mol. The third-order valence-electron chi connectivity index (χ3n) is 14.7. The molecule has 3 atom stereocenters. The number of nitrogens with one attached hydrogen (secondary N) is 1. The number of nitrogens with zero attached hydrogens (tertiary/aromatic N) is 1. The molecule has 3 unspecified atom stereocenters. The minimum Gasteiger partial charge on any atom is -0.756 e. The smallest absolute Gasteiger partial charge is 0.268 e. The van der Waals surface area contributed by atoms with Crippen LogP contribution in [0.1, 0.15) is 309 Å². The van der Waals surface area contributed by atoms with E-state index in [-0.39, 0.29) is 12.5 Å². The molecule has 0 bridgehead atoms. The summed E-state index contributed by atoms with van der Waals surface area (Å²) in [5, 5.41) is 13.9. The van der Waals surface area contributed by atoms with E-state index >= 15 is 0 Å². The first kappa shape index (κ1) is 74.2. The molecule has 0 rings (SSSR count). The molecule has 0 heterocycles. The number of likely N-dealkylation sites (N-methyl/N-ethyl adjacent to an activating group) is 1. The molecule has 0 aromatic carbocycles. The summed E-state index contributed by atoms with van der Waals surface area (Å²) in [6, 6.07) is -0.905. The topological polar surface area (TPSA) is 108 Å². The van der Waals surface area contributed by atoms with Crippen LogP contribution in [0.3, 0.4) is 0 Å². The SMILES string of the molecule is CCCCCCC/C=C\C/C=C\C/C=C\CCCCCCCCCCCCCCCCCCCCC(=O)NC(COP(=O)([O-])OCC[N+](C)(C)C)C(O)/C=C/CC/C=C/CCCCCCCCCCCCCCCCC. The fourth-order valence-electron chi connectivity index (χ4n) is 9.59. The maximum absolute atomic E-state index is 13.0. The molecule has 0 saturated carbocycles. The van der Waals surface area contributed by atoms with E-state index in [2.05, 4.69) is 67.8 Å². The average molecular weight is 1090 g/mol. The van der Waals surface area contributed by atoms with Gasteiger partial charge >= 0.3 is 0 Å². The lowest BCUT2D eigenvalue weighted by molar-refractivity contribution is -0.870. The Morgan fingerprint density at radius 2 is 0.776 bits per heavy atom. The van der Waals surface area contributed by atoms with Crippen LogP contribution in [0.2, 0.25) is 0 Å². The van der Waals surface area contributed by atoms with Crippen LogP contribution in [0.4, 0.5) is 0 Å². The largest absolute Gasteiger partial charge is 0.756 e. The number of allylic oxidation sites excluding steroid dienone is 9. The molecule has 446 valence electrons. The van der Waals surface area contributed by atoms with Crippen LogP contribution >= 0.6 is 7.82 Å². The zero-order valence-corrected chi connectivity index (χ0v) is 51.9. The fourth-order valence-corrected chi connectivity index (χ4v) is 10.3. The van der Waals surface area contributed by atoms with Crippen LogP contribution in [0.5, 0.6) is 0 Å². The highest BCUT2D eigenvalue weighted by molar-refractivity contribution is 7.45. The number of phosphoric ester groups is 1. The third-order valence-corrected chi connectivity index (χ3v) is 15.7. The molecule has 0 saturated heterocycles. The first-order valence-electron chi connectivity index (χ1n) is 32.7. The normalized spacial score (nSPS) is 14.1. The molecule has 0 aliphatic carbocycles. The molecule has 76 heavy (non-hydrogen) atoms. The van der Waals surface area contributed by atoms with Gasteiger partial charge in [-0.3, -0.25) is 9.36 Å². The van der Waals surface area contributed by atoms with Crippen molar-refractivity contribution < 1.29 is 32.9 Å². The standard InChI is InChI=1S/C67H127N2O6P/c1-6-8-10-12-14-16-18-20-22-24-26-28-29-30-31-32-33-34-35-36-37-38-39-41-43-45-47-49-51-53-55-57-59-61-67(71)68-65(64-75-76(72,73)74-63-62-69(3,4)5)66(70)60-58-56-54-52-50-48-46-44-42-40-27-25-23-21-19-17-15-13-11-9-7-2/h18,20,24,26,29-30,50,52,58,60,65-66,70H,6-17,19,21-23,25,27-28,31-49,51,53-57,59,61-64H2,1-5H3,(H-,68,71,72,73)/b20-18-,26-24-,30-29-,52-50+,60-58+. The highest BCUT2D eigenvalue weighted by Gasteiger charge is 2.23. The first-order valence-corrected chi connectivity index (χ1v) is 34.1. The number of hydrogen-bond donors (Lipinski definition) is 2. The zero-order valence-electron chi connectivity index (χ0n) is 51.0. The number of carbonyl (C=O) groups is 1. The Labute approximate surface area is 472 Å². The Balaban J connectivity index is 4.10. The molecule has 1 amide bonds. The summed E-state index contributed by atoms with van der Waals surface area (Å²) in [6.07, 6.45) is 79.0. The molecule has 9 heteroatoms. The highest BCUT2D eigenvalue weighted by atomic mass is 31.2. The van der Waals surface area contributed by atoms with Gasteiger partial charge in [-0.25, -0.2) is 0 Å². The Morgan fingerprint density at radius 1 is 0.461 bits per heavy atom. The molecule has 0 aliphatic rings. The van der Waals surface area contributed by atoms with E-state index in [0.29, 0.717) is 17.4 Å². The van der Waals surface area contributed by atoms with E-state index in [0.717, 1.165) is 51.4 Å². The summed E-state index contributed by atoms with van der Waals surface area (Å²) in [4.78, 5) is 25.6. The Kier molecular flexibility index (Phi) is 56.5. The van der Waals surface area contributed by atoms with Gasteiger partial charge in [-0.15, -0.1) is 0 Å². The molecule has 0 aliphatic heterocycles. The van der Waals surface area contributed by atoms with Crippen molar-refractivity contribution in [3.8, 4) is 0 Å². The van der Waals surface area contributed by atoms with Gasteiger partial charge in [0.25, 0.3) is 7.82 Å². The lowest BCUT2D eigenvalue weighted by Crippen LogP contribution is -2.45. The molecule has 0 spiro atoms. The van der Waals surface area contributed by atoms with Crippen molar-refractivity contribution in [3.05, 3.63) is 60.8 Å². The molecular formula is C67H127N2O6P. The van der Waals surface area contributed by atoms with E-state index in [1.54, 1.807) is 6.08 Å². The summed E-state index contributed by atoms with van der Waals surface area (Å²) in [5.74, 6) is -0.204. The predicted molar refractivity (Wildman–Crippen MR) is 330 cm³/mol. The summed E-state index contributed by atoms with van der Waals surface area (Å²) >= 11 is 0. The van der Waals surface area contributed by atoms with Crippen LogP contribution in [0, 0.1) is 0 Å². The number of phosphoric acid groups is 1. The van der Waals surface area contributed by atoms with Crippen molar-refractivity contribution in [2.75, 3.05) is 40.9 Å². The van der Waals surface area contributed by atoms with Crippen LogP contribution < -0.4 is 10.2 Å². The van der Waals surface area contributed by atoms with Gasteiger partial charge in [-0.05, 0) is 70.6 Å². The second kappa shape index (κ2) is 57.9.